The van der Waals surface area contributed by atoms with Gasteiger partial charge in [-0.2, -0.15) is 0 Å². The molecule has 0 N–H and O–H groups in total. The lowest BCUT2D eigenvalue weighted by Gasteiger charge is -2.00. The van der Waals surface area contributed by atoms with Gasteiger partial charge in [-0.25, -0.2) is 14.2 Å². The molecule has 2 aromatic rings. The van der Waals surface area contributed by atoms with Gasteiger partial charge in [-0.05, 0) is 31.2 Å². The molecule has 0 aliphatic heterocycles. The van der Waals surface area contributed by atoms with Crippen LogP contribution in [0.3, 0.4) is 0 Å². The van der Waals surface area contributed by atoms with Crippen molar-refractivity contribution in [1.29, 1.82) is 0 Å². The molecule has 0 radical (unpaired) electrons. The first-order valence-corrected chi connectivity index (χ1v) is 5.75. The van der Waals surface area contributed by atoms with Crippen LogP contribution in [-0.4, -0.2) is 18.1 Å². The summed E-state index contributed by atoms with van der Waals surface area (Å²) in [6, 6.07) is 5.86. The summed E-state index contributed by atoms with van der Waals surface area (Å²) in [7, 11) is 1.33. The lowest BCUT2D eigenvalue weighted by Crippen LogP contribution is -2.00. The predicted molar refractivity (Wildman–Crippen MR) is 63.6 cm³/mol. The number of carbonyl (C=O) groups excluding carboxylic acids is 1. The Kier molecular flexibility index (Phi) is 3.19. The van der Waals surface area contributed by atoms with Gasteiger partial charge in [0.05, 0.1) is 17.8 Å². The zero-order valence-corrected chi connectivity index (χ0v) is 10.2. The van der Waals surface area contributed by atoms with Crippen molar-refractivity contribution in [1.82, 2.24) is 4.98 Å². The fraction of sp³-hybridized carbons (Fsp3) is 0.167. The molecule has 0 saturated heterocycles. The molecule has 0 amide bonds. The van der Waals surface area contributed by atoms with Gasteiger partial charge < -0.3 is 4.74 Å². The zero-order chi connectivity index (χ0) is 12.4. The van der Waals surface area contributed by atoms with Gasteiger partial charge in [-0.3, -0.25) is 0 Å². The van der Waals surface area contributed by atoms with E-state index in [0.717, 1.165) is 5.01 Å². The standard InChI is InChI=1S/C12H10FNO2S/c1-7-14-10(11(17-7)12(15)16-2)8-3-5-9(13)6-4-8/h3-6H,1-2H3. The number of hydrogen-bond donors (Lipinski definition) is 0. The molecule has 1 aromatic carbocycles. The fourth-order valence-corrected chi connectivity index (χ4v) is 2.32. The summed E-state index contributed by atoms with van der Waals surface area (Å²) >= 11 is 1.27. The first-order valence-electron chi connectivity index (χ1n) is 4.93. The minimum atomic E-state index is -0.421. The number of rotatable bonds is 2. The van der Waals surface area contributed by atoms with Crippen LogP contribution in [0.4, 0.5) is 4.39 Å². The fourth-order valence-electron chi connectivity index (χ4n) is 1.46. The maximum absolute atomic E-state index is 12.8. The third-order valence-electron chi connectivity index (χ3n) is 2.22. The smallest absolute Gasteiger partial charge is 0.350 e. The number of carbonyl (C=O) groups is 1. The van der Waals surface area contributed by atoms with Gasteiger partial charge in [0.2, 0.25) is 0 Å². The quantitative estimate of drug-likeness (QED) is 0.770. The van der Waals surface area contributed by atoms with Crippen LogP contribution >= 0.6 is 11.3 Å². The molecule has 0 aliphatic carbocycles. The van der Waals surface area contributed by atoms with Crippen molar-refractivity contribution in [3.63, 3.8) is 0 Å². The molecule has 1 aromatic heterocycles. The van der Waals surface area contributed by atoms with Crippen LogP contribution in [0.1, 0.15) is 14.7 Å². The van der Waals surface area contributed by atoms with Gasteiger partial charge in [0.1, 0.15) is 10.7 Å². The molecule has 0 saturated carbocycles. The van der Waals surface area contributed by atoms with Crippen molar-refractivity contribution in [2.24, 2.45) is 0 Å². The third-order valence-corrected chi connectivity index (χ3v) is 3.17. The number of aryl methyl sites for hydroxylation is 1. The molecule has 0 fully saturated rings. The van der Waals surface area contributed by atoms with Gasteiger partial charge in [0.15, 0.2) is 0 Å². The minimum absolute atomic E-state index is 0.319. The predicted octanol–water partition coefficient (Wildman–Crippen LogP) is 3.04. The number of thiazole rings is 1. The van der Waals surface area contributed by atoms with Gasteiger partial charge >= 0.3 is 5.97 Å². The summed E-state index contributed by atoms with van der Waals surface area (Å²) in [6.07, 6.45) is 0. The Morgan fingerprint density at radius 2 is 2.00 bits per heavy atom. The third kappa shape index (κ3) is 2.34. The minimum Gasteiger partial charge on any atom is -0.465 e. The first-order chi connectivity index (χ1) is 8.11. The summed E-state index contributed by atoms with van der Waals surface area (Å²) in [5, 5.41) is 0.768. The van der Waals surface area contributed by atoms with E-state index in [1.165, 1.54) is 30.6 Å². The highest BCUT2D eigenvalue weighted by Gasteiger charge is 2.18. The molecule has 17 heavy (non-hydrogen) atoms. The topological polar surface area (TPSA) is 39.2 Å². The molecule has 5 heteroatoms. The summed E-state index contributed by atoms with van der Waals surface area (Å²) in [4.78, 5) is 16.3. The van der Waals surface area contributed by atoms with E-state index in [-0.39, 0.29) is 5.82 Å². The maximum Gasteiger partial charge on any atom is 0.350 e. The second-order valence-electron chi connectivity index (χ2n) is 3.41. The second kappa shape index (κ2) is 4.63. The Morgan fingerprint density at radius 3 is 2.59 bits per heavy atom. The molecule has 0 unspecified atom stereocenters. The van der Waals surface area contributed by atoms with Crippen molar-refractivity contribution in [3.05, 3.63) is 40.0 Å². The van der Waals surface area contributed by atoms with Crippen molar-refractivity contribution >= 4 is 17.3 Å². The summed E-state index contributed by atoms with van der Waals surface area (Å²) in [5.74, 6) is -0.741. The van der Waals surface area contributed by atoms with Crippen molar-refractivity contribution in [2.45, 2.75) is 6.92 Å². The summed E-state index contributed by atoms with van der Waals surface area (Å²) in [6.45, 7) is 1.81. The van der Waals surface area contributed by atoms with Crippen molar-refractivity contribution in [2.75, 3.05) is 7.11 Å². The van der Waals surface area contributed by atoms with Crippen LogP contribution in [0.25, 0.3) is 11.3 Å². The Balaban J connectivity index is 2.51. The van der Waals surface area contributed by atoms with Crippen LogP contribution < -0.4 is 0 Å². The van der Waals surface area contributed by atoms with E-state index in [1.54, 1.807) is 12.1 Å². The highest BCUT2D eigenvalue weighted by Crippen LogP contribution is 2.28. The average Bonchev–Trinajstić information content (AvgIpc) is 2.71. The molecule has 0 atom stereocenters. The van der Waals surface area contributed by atoms with E-state index in [2.05, 4.69) is 4.98 Å². The van der Waals surface area contributed by atoms with Crippen molar-refractivity contribution < 1.29 is 13.9 Å². The molecular weight excluding hydrogens is 241 g/mol. The number of esters is 1. The van der Waals surface area contributed by atoms with E-state index in [4.69, 9.17) is 4.74 Å². The molecule has 0 spiro atoms. The number of aromatic nitrogens is 1. The Hall–Kier alpha value is -1.75. The lowest BCUT2D eigenvalue weighted by atomic mass is 10.1. The van der Waals surface area contributed by atoms with Gasteiger partial charge in [-0.1, -0.05) is 0 Å². The number of benzene rings is 1. The van der Waals surface area contributed by atoms with E-state index in [9.17, 15) is 9.18 Å². The highest BCUT2D eigenvalue weighted by molar-refractivity contribution is 7.14. The number of nitrogens with zero attached hydrogens (tertiary/aromatic N) is 1. The normalized spacial score (nSPS) is 10.3. The Bertz CT molecular complexity index is 548. The van der Waals surface area contributed by atoms with E-state index >= 15 is 0 Å². The van der Waals surface area contributed by atoms with Crippen LogP contribution in [-0.2, 0) is 4.74 Å². The first kappa shape index (κ1) is 11.7. The maximum atomic E-state index is 12.8. The molecule has 88 valence electrons. The summed E-state index contributed by atoms with van der Waals surface area (Å²) < 4.78 is 17.5. The molecule has 1 heterocycles. The number of halogens is 1. The van der Waals surface area contributed by atoms with E-state index < -0.39 is 5.97 Å². The van der Waals surface area contributed by atoms with E-state index in [0.29, 0.717) is 16.1 Å². The highest BCUT2D eigenvalue weighted by atomic mass is 32.1. The Morgan fingerprint density at radius 1 is 1.35 bits per heavy atom. The number of hydrogen-bond acceptors (Lipinski definition) is 4. The van der Waals surface area contributed by atoms with Crippen LogP contribution in [0.15, 0.2) is 24.3 Å². The van der Waals surface area contributed by atoms with Crippen LogP contribution in [0.2, 0.25) is 0 Å². The molecule has 0 aliphatic rings. The average molecular weight is 251 g/mol. The molecule has 0 bridgehead atoms. The van der Waals surface area contributed by atoms with Crippen LogP contribution in [0, 0.1) is 12.7 Å². The van der Waals surface area contributed by atoms with Crippen LogP contribution in [0.5, 0.6) is 0 Å². The van der Waals surface area contributed by atoms with Gasteiger partial charge in [0.25, 0.3) is 0 Å². The zero-order valence-electron chi connectivity index (χ0n) is 9.36. The van der Waals surface area contributed by atoms with Gasteiger partial charge in [0, 0.05) is 5.56 Å². The lowest BCUT2D eigenvalue weighted by molar-refractivity contribution is 0.0607. The van der Waals surface area contributed by atoms with E-state index in [1.807, 2.05) is 6.92 Å². The Labute approximate surface area is 102 Å². The number of methoxy groups -OCH3 is 1. The second-order valence-corrected chi connectivity index (χ2v) is 4.61. The number of ether oxygens (including phenoxy) is 1. The molecular formula is C12H10FNO2S. The molecule has 3 nitrogen and oxygen atoms in total. The SMILES string of the molecule is COC(=O)c1sc(C)nc1-c1ccc(F)cc1. The largest absolute Gasteiger partial charge is 0.465 e. The monoisotopic (exact) mass is 251 g/mol. The molecule has 2 rings (SSSR count). The van der Waals surface area contributed by atoms with Gasteiger partial charge in [-0.15, -0.1) is 11.3 Å². The summed E-state index contributed by atoms with van der Waals surface area (Å²) in [5.41, 5.74) is 1.25. The van der Waals surface area contributed by atoms with Crippen molar-refractivity contribution in [3.8, 4) is 11.3 Å².